The fraction of sp³-hybridized carbons (Fsp3) is 0.571. The second-order valence-electron chi connectivity index (χ2n) is 7.32. The Kier molecular flexibility index (Phi) is 6.27. The third-order valence-corrected chi connectivity index (χ3v) is 5.09. The lowest BCUT2D eigenvalue weighted by atomic mass is 9.99. The molecule has 4 nitrogen and oxygen atoms in total. The molecule has 4 heteroatoms. The Bertz CT molecular complexity index is 600. The smallest absolute Gasteiger partial charge is 0.237 e. The summed E-state index contributed by atoms with van der Waals surface area (Å²) < 4.78 is 5.38. The van der Waals surface area contributed by atoms with Gasteiger partial charge >= 0.3 is 0 Å². The van der Waals surface area contributed by atoms with Crippen LogP contribution in [0.1, 0.15) is 36.0 Å². The standard InChI is InChI=1S/C21H30N2O2/c1-17-13-18(2)15-19(14-17)6-7-20-5-3-4-8-23(20)21(24)16-22-9-11-25-12-10-22/h6-7,13-15,20H,3-5,8-12,16H2,1-2H3/b7-6+. The van der Waals surface area contributed by atoms with Gasteiger partial charge in [0, 0.05) is 19.6 Å². The molecule has 0 saturated carbocycles. The van der Waals surface area contributed by atoms with Crippen molar-refractivity contribution in [3.63, 3.8) is 0 Å². The van der Waals surface area contributed by atoms with Crippen LogP contribution in [0.3, 0.4) is 0 Å². The number of benzene rings is 1. The summed E-state index contributed by atoms with van der Waals surface area (Å²) in [5, 5.41) is 0. The lowest BCUT2D eigenvalue weighted by molar-refractivity contribution is -0.136. The van der Waals surface area contributed by atoms with Crippen LogP contribution in [0.5, 0.6) is 0 Å². The number of carbonyl (C=O) groups is 1. The number of amides is 1. The maximum absolute atomic E-state index is 12.8. The Morgan fingerprint density at radius 2 is 1.84 bits per heavy atom. The molecule has 0 N–H and O–H groups in total. The Morgan fingerprint density at radius 3 is 2.56 bits per heavy atom. The second kappa shape index (κ2) is 8.63. The largest absolute Gasteiger partial charge is 0.379 e. The average Bonchev–Trinajstić information content (AvgIpc) is 2.60. The van der Waals surface area contributed by atoms with E-state index in [0.717, 1.165) is 45.7 Å². The van der Waals surface area contributed by atoms with E-state index in [9.17, 15) is 4.79 Å². The van der Waals surface area contributed by atoms with Crippen molar-refractivity contribution in [2.45, 2.75) is 39.2 Å². The fourth-order valence-corrected chi connectivity index (χ4v) is 3.84. The summed E-state index contributed by atoms with van der Waals surface area (Å²) in [6.45, 7) is 8.87. The van der Waals surface area contributed by atoms with Crippen LogP contribution in [0.2, 0.25) is 0 Å². The first-order chi connectivity index (χ1) is 12.1. The number of aryl methyl sites for hydroxylation is 2. The van der Waals surface area contributed by atoms with Gasteiger partial charge in [-0.15, -0.1) is 0 Å². The van der Waals surface area contributed by atoms with Crippen LogP contribution in [0, 0.1) is 13.8 Å². The minimum absolute atomic E-state index is 0.225. The molecule has 3 rings (SSSR count). The molecule has 2 heterocycles. The van der Waals surface area contributed by atoms with Gasteiger partial charge in [-0.1, -0.05) is 41.5 Å². The summed E-state index contributed by atoms with van der Waals surface area (Å²) in [5.41, 5.74) is 3.79. The van der Waals surface area contributed by atoms with Crippen molar-refractivity contribution in [3.8, 4) is 0 Å². The van der Waals surface area contributed by atoms with E-state index in [1.54, 1.807) is 0 Å². The molecule has 0 bridgehead atoms. The number of ether oxygens (including phenoxy) is 1. The Balaban J connectivity index is 1.65. The van der Waals surface area contributed by atoms with Crippen LogP contribution < -0.4 is 0 Å². The summed E-state index contributed by atoms with van der Waals surface area (Å²) in [6, 6.07) is 6.82. The predicted octanol–water partition coefficient (Wildman–Crippen LogP) is 3.03. The van der Waals surface area contributed by atoms with E-state index in [1.165, 1.54) is 23.1 Å². The first kappa shape index (κ1) is 18.2. The van der Waals surface area contributed by atoms with E-state index in [0.29, 0.717) is 6.54 Å². The SMILES string of the molecule is Cc1cc(C)cc(/C=C/C2CCCCN2C(=O)CN2CCOCC2)c1. The van der Waals surface area contributed by atoms with Crippen molar-refractivity contribution in [2.24, 2.45) is 0 Å². The van der Waals surface area contributed by atoms with E-state index in [-0.39, 0.29) is 11.9 Å². The molecule has 2 fully saturated rings. The van der Waals surface area contributed by atoms with Gasteiger partial charge in [0.2, 0.25) is 5.91 Å². The summed E-state index contributed by atoms with van der Waals surface area (Å²) in [7, 11) is 0. The number of morpholine rings is 1. The summed E-state index contributed by atoms with van der Waals surface area (Å²) in [6.07, 6.45) is 7.79. The van der Waals surface area contributed by atoms with E-state index < -0.39 is 0 Å². The number of nitrogens with zero attached hydrogens (tertiary/aromatic N) is 2. The highest BCUT2D eigenvalue weighted by Gasteiger charge is 2.26. The van der Waals surface area contributed by atoms with E-state index in [2.05, 4.69) is 54.0 Å². The zero-order valence-corrected chi connectivity index (χ0v) is 15.5. The van der Waals surface area contributed by atoms with Gasteiger partial charge in [0.15, 0.2) is 0 Å². The van der Waals surface area contributed by atoms with Crippen molar-refractivity contribution < 1.29 is 9.53 Å². The van der Waals surface area contributed by atoms with Crippen molar-refractivity contribution in [3.05, 3.63) is 41.0 Å². The zero-order valence-electron chi connectivity index (χ0n) is 15.5. The van der Waals surface area contributed by atoms with Crippen LogP contribution in [0.15, 0.2) is 24.3 Å². The fourth-order valence-electron chi connectivity index (χ4n) is 3.84. The number of rotatable bonds is 4. The topological polar surface area (TPSA) is 32.8 Å². The quantitative estimate of drug-likeness (QED) is 0.843. The highest BCUT2D eigenvalue weighted by Crippen LogP contribution is 2.20. The Hall–Kier alpha value is -1.65. The van der Waals surface area contributed by atoms with Gasteiger partial charge in [-0.25, -0.2) is 0 Å². The normalized spacial score (nSPS) is 22.5. The third kappa shape index (κ3) is 5.16. The molecule has 0 radical (unpaired) electrons. The number of hydrogen-bond acceptors (Lipinski definition) is 3. The van der Waals surface area contributed by atoms with Crippen LogP contribution in [0.4, 0.5) is 0 Å². The molecule has 1 atom stereocenters. The molecule has 2 saturated heterocycles. The molecular formula is C21H30N2O2. The van der Waals surface area contributed by atoms with Gasteiger partial charge in [0.25, 0.3) is 0 Å². The number of likely N-dealkylation sites (tertiary alicyclic amines) is 1. The van der Waals surface area contributed by atoms with E-state index >= 15 is 0 Å². The van der Waals surface area contributed by atoms with Crippen LogP contribution in [0.25, 0.3) is 6.08 Å². The van der Waals surface area contributed by atoms with Gasteiger partial charge < -0.3 is 9.64 Å². The lowest BCUT2D eigenvalue weighted by Gasteiger charge is -2.36. The molecule has 1 amide bonds. The third-order valence-electron chi connectivity index (χ3n) is 5.09. The molecular weight excluding hydrogens is 312 g/mol. The van der Waals surface area contributed by atoms with Crippen molar-refractivity contribution in [1.29, 1.82) is 0 Å². The van der Waals surface area contributed by atoms with Gasteiger partial charge in [-0.3, -0.25) is 9.69 Å². The molecule has 2 aliphatic rings. The number of hydrogen-bond donors (Lipinski definition) is 0. The Labute approximate surface area is 151 Å². The monoisotopic (exact) mass is 342 g/mol. The first-order valence-corrected chi connectivity index (χ1v) is 9.48. The highest BCUT2D eigenvalue weighted by atomic mass is 16.5. The molecule has 136 valence electrons. The zero-order chi connectivity index (χ0) is 17.6. The second-order valence-corrected chi connectivity index (χ2v) is 7.32. The molecule has 0 spiro atoms. The summed E-state index contributed by atoms with van der Waals surface area (Å²) in [4.78, 5) is 17.1. The molecule has 1 aromatic rings. The predicted molar refractivity (Wildman–Crippen MR) is 102 cm³/mol. The van der Waals surface area contributed by atoms with Gasteiger partial charge in [-0.05, 0) is 38.7 Å². The molecule has 25 heavy (non-hydrogen) atoms. The van der Waals surface area contributed by atoms with Crippen LogP contribution >= 0.6 is 0 Å². The minimum Gasteiger partial charge on any atom is -0.379 e. The molecule has 0 aliphatic carbocycles. The van der Waals surface area contributed by atoms with Crippen LogP contribution in [-0.4, -0.2) is 61.1 Å². The van der Waals surface area contributed by atoms with Gasteiger partial charge in [0.05, 0.1) is 25.8 Å². The Morgan fingerprint density at radius 1 is 1.12 bits per heavy atom. The molecule has 1 unspecified atom stereocenters. The highest BCUT2D eigenvalue weighted by molar-refractivity contribution is 5.79. The first-order valence-electron chi connectivity index (χ1n) is 9.48. The van der Waals surface area contributed by atoms with Crippen molar-refractivity contribution in [2.75, 3.05) is 39.4 Å². The lowest BCUT2D eigenvalue weighted by Crippen LogP contribution is -2.49. The number of piperidine rings is 1. The van der Waals surface area contributed by atoms with Crippen LogP contribution in [-0.2, 0) is 9.53 Å². The van der Waals surface area contributed by atoms with Crippen molar-refractivity contribution >= 4 is 12.0 Å². The van der Waals surface area contributed by atoms with E-state index in [1.807, 2.05) is 0 Å². The average molecular weight is 342 g/mol. The molecule has 0 aromatic heterocycles. The van der Waals surface area contributed by atoms with E-state index in [4.69, 9.17) is 4.74 Å². The maximum Gasteiger partial charge on any atom is 0.237 e. The van der Waals surface area contributed by atoms with Gasteiger partial charge in [0.1, 0.15) is 0 Å². The minimum atomic E-state index is 0.225. The molecule has 2 aliphatic heterocycles. The van der Waals surface area contributed by atoms with Crippen molar-refractivity contribution in [1.82, 2.24) is 9.80 Å². The molecule has 1 aromatic carbocycles. The maximum atomic E-state index is 12.8. The summed E-state index contributed by atoms with van der Waals surface area (Å²) >= 11 is 0. The summed E-state index contributed by atoms with van der Waals surface area (Å²) in [5.74, 6) is 0.261. The number of carbonyl (C=O) groups excluding carboxylic acids is 1. The van der Waals surface area contributed by atoms with Gasteiger partial charge in [-0.2, -0.15) is 0 Å².